The van der Waals surface area contributed by atoms with Gasteiger partial charge in [0.2, 0.25) is 5.91 Å². The third kappa shape index (κ3) is 2.78. The van der Waals surface area contributed by atoms with Crippen molar-refractivity contribution in [1.29, 1.82) is 0 Å². The zero-order valence-electron chi connectivity index (χ0n) is 17.6. The van der Waals surface area contributed by atoms with Crippen molar-refractivity contribution in [3.8, 4) is 11.4 Å². The van der Waals surface area contributed by atoms with E-state index in [0.29, 0.717) is 22.6 Å². The summed E-state index contributed by atoms with van der Waals surface area (Å²) in [4.78, 5) is 42.4. The number of hydrogen-bond donors (Lipinski definition) is 3. The number of fused-ring (bicyclic) bond motifs is 5. The number of anilines is 1. The fraction of sp³-hybridized carbons (Fsp3) is 0.304. The molecule has 0 saturated carbocycles. The van der Waals surface area contributed by atoms with Crippen molar-refractivity contribution in [2.24, 2.45) is 5.73 Å². The van der Waals surface area contributed by atoms with Gasteiger partial charge in [0.15, 0.2) is 5.60 Å². The van der Waals surface area contributed by atoms with E-state index in [4.69, 9.17) is 15.5 Å². The first kappa shape index (κ1) is 20.3. The second kappa shape index (κ2) is 6.98. The topological polar surface area (TPSA) is 137 Å². The largest absolute Gasteiger partial charge is 0.458 e. The van der Waals surface area contributed by atoms with Crippen molar-refractivity contribution >= 4 is 28.5 Å². The number of cyclic esters (lactones) is 1. The lowest BCUT2D eigenvalue weighted by atomic mass is 9.86. The van der Waals surface area contributed by atoms with E-state index in [2.05, 4.69) is 5.32 Å². The molecule has 0 aliphatic carbocycles. The van der Waals surface area contributed by atoms with Crippen LogP contribution in [0, 0.1) is 0 Å². The number of benzene rings is 1. The van der Waals surface area contributed by atoms with E-state index in [1.165, 1.54) is 0 Å². The summed E-state index contributed by atoms with van der Waals surface area (Å²) in [5, 5.41) is 14.5. The van der Waals surface area contributed by atoms with Crippen molar-refractivity contribution in [3.05, 3.63) is 57.4 Å². The fourth-order valence-corrected chi connectivity index (χ4v) is 4.36. The minimum atomic E-state index is -1.86. The van der Waals surface area contributed by atoms with Gasteiger partial charge in [-0.3, -0.25) is 9.59 Å². The summed E-state index contributed by atoms with van der Waals surface area (Å²) in [5.74, 6) is -1.07. The van der Waals surface area contributed by atoms with Gasteiger partial charge in [0.25, 0.3) is 5.56 Å². The Balaban J connectivity index is 1.69. The molecule has 2 aliphatic heterocycles. The van der Waals surface area contributed by atoms with E-state index in [1.54, 1.807) is 36.6 Å². The highest BCUT2D eigenvalue weighted by atomic mass is 16.6. The molecule has 32 heavy (non-hydrogen) atoms. The number of esters is 1. The number of carbonyl (C=O) groups is 2. The van der Waals surface area contributed by atoms with Crippen LogP contribution >= 0.6 is 0 Å². The molecule has 9 nitrogen and oxygen atoms in total. The third-order valence-corrected chi connectivity index (χ3v) is 6.22. The van der Waals surface area contributed by atoms with Crippen LogP contribution in [0.25, 0.3) is 22.3 Å². The zero-order valence-corrected chi connectivity index (χ0v) is 17.6. The predicted molar refractivity (Wildman–Crippen MR) is 117 cm³/mol. The molecule has 2 atom stereocenters. The van der Waals surface area contributed by atoms with Gasteiger partial charge in [-0.05, 0) is 37.6 Å². The molecule has 0 saturated heterocycles. The maximum atomic E-state index is 13.2. The average Bonchev–Trinajstić information content (AvgIpc) is 3.13. The smallest absolute Gasteiger partial charge is 0.343 e. The van der Waals surface area contributed by atoms with Gasteiger partial charge in [0.1, 0.15) is 6.61 Å². The molecular formula is C23H22N4O5. The van der Waals surface area contributed by atoms with Crippen LogP contribution in [0.15, 0.2) is 35.1 Å². The Hall–Kier alpha value is -3.56. The van der Waals surface area contributed by atoms with Crippen LogP contribution in [-0.2, 0) is 33.1 Å². The van der Waals surface area contributed by atoms with Gasteiger partial charge in [-0.15, -0.1) is 0 Å². The first-order valence-electron chi connectivity index (χ1n) is 10.4. The molecule has 9 heteroatoms. The van der Waals surface area contributed by atoms with Crippen molar-refractivity contribution in [2.45, 2.75) is 45.1 Å². The summed E-state index contributed by atoms with van der Waals surface area (Å²) in [6.45, 7) is 3.38. The molecule has 164 valence electrons. The molecular weight excluding hydrogens is 412 g/mol. The van der Waals surface area contributed by atoms with Gasteiger partial charge in [-0.1, -0.05) is 13.0 Å². The van der Waals surface area contributed by atoms with Crippen LogP contribution in [0.4, 0.5) is 5.69 Å². The van der Waals surface area contributed by atoms with Crippen LogP contribution in [0.5, 0.6) is 0 Å². The lowest BCUT2D eigenvalue weighted by molar-refractivity contribution is -0.172. The first-order valence-corrected chi connectivity index (χ1v) is 10.4. The minimum absolute atomic E-state index is 0.0857. The summed E-state index contributed by atoms with van der Waals surface area (Å²) in [6, 6.07) is 8.27. The Kier molecular flexibility index (Phi) is 4.44. The number of aliphatic hydroxyl groups is 1. The molecule has 2 aliphatic rings. The minimum Gasteiger partial charge on any atom is -0.458 e. The van der Waals surface area contributed by atoms with E-state index >= 15 is 0 Å². The Bertz CT molecular complexity index is 1380. The number of ether oxygens (including phenoxy) is 1. The first-order chi connectivity index (χ1) is 15.2. The molecule has 1 amide bonds. The number of hydrogen-bond acceptors (Lipinski definition) is 7. The summed E-state index contributed by atoms with van der Waals surface area (Å²) in [5.41, 5.74) is 7.21. The SMILES string of the molecule is CC[C@@]1(O)C(=O)OCc2c1cc1n(c2=O)Cc2cc3c(NC(=O)[C@H](C)N)cccc3nc2-1. The quantitative estimate of drug-likeness (QED) is 0.414. The number of carbonyl (C=O) groups excluding carboxylic acids is 2. The summed E-state index contributed by atoms with van der Waals surface area (Å²) in [6.07, 6.45) is 0.0857. The van der Waals surface area contributed by atoms with Crippen LogP contribution in [0.2, 0.25) is 0 Å². The zero-order chi connectivity index (χ0) is 22.8. The number of rotatable bonds is 3. The number of amides is 1. The van der Waals surface area contributed by atoms with Gasteiger partial charge in [0.05, 0.1) is 40.7 Å². The molecule has 4 heterocycles. The van der Waals surface area contributed by atoms with Crippen LogP contribution in [0.3, 0.4) is 0 Å². The van der Waals surface area contributed by atoms with Crippen molar-refractivity contribution < 1.29 is 19.4 Å². The van der Waals surface area contributed by atoms with Crippen molar-refractivity contribution in [1.82, 2.24) is 9.55 Å². The van der Waals surface area contributed by atoms with Crippen LogP contribution < -0.4 is 16.6 Å². The summed E-state index contributed by atoms with van der Waals surface area (Å²) < 4.78 is 6.67. The molecule has 0 radical (unpaired) electrons. The Morgan fingerprint density at radius 3 is 2.88 bits per heavy atom. The number of pyridine rings is 2. The summed E-state index contributed by atoms with van der Waals surface area (Å²) >= 11 is 0. The van der Waals surface area contributed by atoms with Crippen LogP contribution in [0.1, 0.15) is 37.0 Å². The van der Waals surface area contributed by atoms with E-state index in [1.807, 2.05) is 12.1 Å². The van der Waals surface area contributed by atoms with E-state index in [-0.39, 0.29) is 42.2 Å². The highest BCUT2D eigenvalue weighted by molar-refractivity contribution is 6.03. The fourth-order valence-electron chi connectivity index (χ4n) is 4.36. The van der Waals surface area contributed by atoms with E-state index < -0.39 is 17.6 Å². The normalized spacial score (nSPS) is 19.7. The van der Waals surface area contributed by atoms with Crippen LogP contribution in [-0.4, -0.2) is 32.6 Å². The monoisotopic (exact) mass is 434 g/mol. The maximum Gasteiger partial charge on any atom is 0.343 e. The molecule has 0 unspecified atom stereocenters. The van der Waals surface area contributed by atoms with Gasteiger partial charge in [-0.2, -0.15) is 0 Å². The number of aromatic nitrogens is 2. The molecule has 0 fully saturated rings. The molecule has 3 aromatic rings. The second-order valence-electron chi connectivity index (χ2n) is 8.25. The molecule has 2 aromatic heterocycles. The molecule has 0 spiro atoms. The lowest BCUT2D eigenvalue weighted by Gasteiger charge is -2.31. The second-order valence-corrected chi connectivity index (χ2v) is 8.25. The molecule has 1 aromatic carbocycles. The lowest BCUT2D eigenvalue weighted by Crippen LogP contribution is -2.44. The predicted octanol–water partition coefficient (Wildman–Crippen LogP) is 1.37. The average molecular weight is 434 g/mol. The maximum absolute atomic E-state index is 13.2. The summed E-state index contributed by atoms with van der Waals surface area (Å²) in [7, 11) is 0. The Morgan fingerprint density at radius 1 is 1.38 bits per heavy atom. The molecule has 0 bridgehead atoms. The van der Waals surface area contributed by atoms with Gasteiger partial charge >= 0.3 is 5.97 Å². The highest BCUT2D eigenvalue weighted by Gasteiger charge is 2.45. The Labute approximate surface area is 182 Å². The van der Waals surface area contributed by atoms with E-state index in [9.17, 15) is 19.5 Å². The number of nitrogens with zero attached hydrogens (tertiary/aromatic N) is 2. The van der Waals surface area contributed by atoms with Gasteiger partial charge in [0, 0.05) is 16.5 Å². The highest BCUT2D eigenvalue weighted by Crippen LogP contribution is 2.39. The number of nitrogens with two attached hydrogens (primary N) is 1. The molecule has 5 rings (SSSR count). The third-order valence-electron chi connectivity index (χ3n) is 6.22. The van der Waals surface area contributed by atoms with E-state index in [0.717, 1.165) is 10.9 Å². The Morgan fingerprint density at radius 2 is 2.16 bits per heavy atom. The van der Waals surface area contributed by atoms with Gasteiger partial charge < -0.3 is 25.5 Å². The number of nitrogens with one attached hydrogen (secondary N) is 1. The van der Waals surface area contributed by atoms with Crippen molar-refractivity contribution in [2.75, 3.05) is 5.32 Å². The van der Waals surface area contributed by atoms with Crippen molar-refractivity contribution in [3.63, 3.8) is 0 Å². The van der Waals surface area contributed by atoms with Gasteiger partial charge in [-0.25, -0.2) is 9.78 Å². The standard InChI is InChI=1S/C23H22N4O5/c1-3-23(31)15-8-18-19-12(9-27(18)21(29)14(15)10-32-22(23)30)7-13-16(25-19)5-4-6-17(13)26-20(28)11(2)24/h4-8,11,31H,3,9-10,24H2,1-2H3,(H,26,28)/t11-,23-/m0/s1. The molecule has 4 N–H and O–H groups in total.